The number of methoxy groups -OCH3 is 2. The second-order valence-corrected chi connectivity index (χ2v) is 22.0. The van der Waals surface area contributed by atoms with Crippen LogP contribution in [0.4, 0.5) is 5.69 Å². The maximum Gasteiger partial charge on any atom is 0.326 e. The molecule has 0 spiro atoms. The van der Waals surface area contributed by atoms with Gasteiger partial charge in [-0.2, -0.15) is 13.1 Å². The zero-order valence-electron chi connectivity index (χ0n) is 41.7. The van der Waals surface area contributed by atoms with E-state index in [1.807, 2.05) is 54.6 Å². The number of thiazole rings is 1. The van der Waals surface area contributed by atoms with E-state index in [0.717, 1.165) is 23.5 Å². The quantitative estimate of drug-likeness (QED) is 0.0165. The summed E-state index contributed by atoms with van der Waals surface area (Å²) >= 11 is 0.964. The molecule has 0 bridgehead atoms. The lowest BCUT2D eigenvalue weighted by atomic mass is 9.78. The number of nitrogens with zero attached hydrogens (tertiary/aromatic N) is 5. The summed E-state index contributed by atoms with van der Waals surface area (Å²) in [5.74, 6) is -0.402. The molecule has 0 aliphatic heterocycles. The smallest absolute Gasteiger partial charge is 0.326 e. The van der Waals surface area contributed by atoms with Gasteiger partial charge in [-0.3, -0.25) is 19.1 Å². The van der Waals surface area contributed by atoms with Crippen LogP contribution >= 0.6 is 11.3 Å². The second kappa shape index (κ2) is 23.7. The van der Waals surface area contributed by atoms with Crippen molar-refractivity contribution >= 4 is 59.3 Å². The van der Waals surface area contributed by atoms with Gasteiger partial charge in [0.25, 0.3) is 15.7 Å². The van der Waals surface area contributed by atoms with Gasteiger partial charge >= 0.3 is 16.1 Å². The normalized spacial score (nSPS) is 12.7. The molecular weight excluding hydrogens is 1050 g/mol. The molecule has 2 heterocycles. The van der Waals surface area contributed by atoms with E-state index in [4.69, 9.17) is 23.1 Å². The van der Waals surface area contributed by atoms with E-state index in [-0.39, 0.29) is 29.9 Å². The molecule has 8 rings (SSSR count). The van der Waals surface area contributed by atoms with E-state index in [1.165, 1.54) is 35.1 Å². The Labute approximate surface area is 446 Å². The first-order valence-electron chi connectivity index (χ1n) is 23.6. The van der Waals surface area contributed by atoms with E-state index in [9.17, 15) is 41.6 Å². The first kappa shape index (κ1) is 55.0. The number of nitro benzene ring substituents is 1. The number of nitrogens with one attached hydrogen (secondary N) is 2. The molecule has 2 aromatic heterocycles. The van der Waals surface area contributed by atoms with Gasteiger partial charge in [0, 0.05) is 12.5 Å². The number of benzene rings is 6. The Bertz CT molecular complexity index is 3550. The zero-order valence-corrected chi connectivity index (χ0v) is 44.2. The van der Waals surface area contributed by atoms with Crippen LogP contribution < -0.4 is 29.0 Å². The summed E-state index contributed by atoms with van der Waals surface area (Å²) in [6.45, 7) is 2.79. The predicted octanol–water partition coefficient (Wildman–Crippen LogP) is 7.46. The molecule has 0 saturated heterocycles. The molecule has 8 aromatic rings. The summed E-state index contributed by atoms with van der Waals surface area (Å²) in [6.07, 6.45) is 1.42. The largest absolute Gasteiger partial charge is 0.497 e. The number of carbonyl (C=O) groups is 2. The van der Waals surface area contributed by atoms with Gasteiger partial charge < -0.3 is 29.4 Å². The number of rotatable bonds is 25. The Hall–Kier alpha value is -8.29. The van der Waals surface area contributed by atoms with Crippen LogP contribution in [-0.4, -0.2) is 92.2 Å². The number of para-hydroxylation sites is 1. The third-order valence-corrected chi connectivity index (χ3v) is 16.3. The van der Waals surface area contributed by atoms with Gasteiger partial charge in [0.1, 0.15) is 66.1 Å². The lowest BCUT2D eigenvalue weighted by Crippen LogP contribution is -2.47. The molecule has 1 unspecified atom stereocenters. The molecule has 21 nitrogen and oxygen atoms in total. The molecule has 400 valence electrons. The number of sulfonamides is 1. The molecule has 0 radical (unpaired) electrons. The van der Waals surface area contributed by atoms with Crippen molar-refractivity contribution in [2.45, 2.75) is 53.7 Å². The first-order chi connectivity index (χ1) is 36.9. The van der Waals surface area contributed by atoms with Crippen LogP contribution in [-0.2, 0) is 52.5 Å². The highest BCUT2D eigenvalue weighted by atomic mass is 32.2. The third-order valence-electron chi connectivity index (χ3n) is 12.1. The molecule has 1 amide bonds. The summed E-state index contributed by atoms with van der Waals surface area (Å²) in [4.78, 5) is 40.6. The highest BCUT2D eigenvalue weighted by molar-refractivity contribution is 7.91. The van der Waals surface area contributed by atoms with Crippen molar-refractivity contribution < 1.29 is 59.6 Å². The Morgan fingerprint density at radius 2 is 1.36 bits per heavy atom. The summed E-state index contributed by atoms with van der Waals surface area (Å²) in [7, 11) is -5.70. The lowest BCUT2D eigenvalue weighted by molar-refractivity contribution is -0.387. The second-order valence-electron chi connectivity index (χ2n) is 17.6. The standard InChI is InChI=1S/C53H51N7O14S3/c1-34(2)49(50(61)54-45(51(62)63)30-35-14-20-42(21-15-35)72-28-29-74-77(68,69)48-13-9-8-12-46(48)60(64)65)59-32-39(56-58-59)33-73-43-26-27-44-47(31-43)75-52(55-44)76(66,67)57-53(36-10-6-5-7-11-36,37-16-22-40(70-3)23-17-37)38-18-24-41(71-4)25-19-38/h5-27,31-32,34,45,49,57H,28-30,33H2,1-4H3,(H,54,61)(H,62,63)/t45?,49-/m0/s1. The number of aliphatic carboxylic acids is 1. The van der Waals surface area contributed by atoms with E-state index in [0.29, 0.717) is 61.2 Å². The predicted molar refractivity (Wildman–Crippen MR) is 282 cm³/mol. The Balaban J connectivity index is 0.907. The topological polar surface area (TPSA) is 280 Å². The number of fused-ring (bicyclic) bond motifs is 1. The fraction of sp³-hybridized carbons (Fsp3) is 0.226. The maximum absolute atomic E-state index is 14.7. The van der Waals surface area contributed by atoms with Crippen molar-refractivity contribution in [2.24, 2.45) is 5.92 Å². The number of carboxylic acids is 1. The summed E-state index contributed by atoms with van der Waals surface area (Å²) in [5, 5.41) is 32.4. The van der Waals surface area contributed by atoms with Gasteiger partial charge in [-0.25, -0.2) is 22.9 Å². The summed E-state index contributed by atoms with van der Waals surface area (Å²) in [6, 6.07) is 37.2. The molecule has 2 atom stereocenters. The number of ether oxygens (including phenoxy) is 4. The molecule has 0 aliphatic rings. The first-order valence-corrected chi connectivity index (χ1v) is 27.3. The Morgan fingerprint density at radius 1 is 0.766 bits per heavy atom. The van der Waals surface area contributed by atoms with Gasteiger partial charge in [0.05, 0.1) is 35.6 Å². The highest BCUT2D eigenvalue weighted by Gasteiger charge is 2.42. The average Bonchev–Trinajstić information content (AvgIpc) is 4.13. The van der Waals surface area contributed by atoms with Crippen molar-refractivity contribution in [2.75, 3.05) is 27.4 Å². The lowest BCUT2D eigenvalue weighted by Gasteiger charge is -2.36. The monoisotopic (exact) mass is 1110 g/mol. The number of aromatic nitrogens is 4. The minimum atomic E-state index is -4.45. The number of hydrogen-bond donors (Lipinski definition) is 3. The van der Waals surface area contributed by atoms with Gasteiger partial charge in [0.15, 0.2) is 4.90 Å². The fourth-order valence-electron chi connectivity index (χ4n) is 8.38. The number of amides is 1. The van der Waals surface area contributed by atoms with Crippen LogP contribution in [0.25, 0.3) is 10.2 Å². The molecule has 3 N–H and O–H groups in total. The average molecular weight is 1110 g/mol. The molecular formula is C53H51N7O14S3. The number of carbonyl (C=O) groups excluding carboxylic acids is 1. The van der Waals surface area contributed by atoms with Crippen molar-refractivity contribution in [3.63, 3.8) is 0 Å². The Morgan fingerprint density at radius 3 is 1.97 bits per heavy atom. The Kier molecular flexibility index (Phi) is 16.9. The van der Waals surface area contributed by atoms with Crippen molar-refractivity contribution in [3.05, 3.63) is 190 Å². The van der Waals surface area contributed by atoms with Crippen LogP contribution in [0, 0.1) is 16.0 Å². The molecule has 24 heteroatoms. The minimum Gasteiger partial charge on any atom is -0.497 e. The van der Waals surface area contributed by atoms with Crippen molar-refractivity contribution in [3.8, 4) is 23.0 Å². The number of nitro groups is 1. The minimum absolute atomic E-state index is 0.0885. The van der Waals surface area contributed by atoms with E-state index >= 15 is 0 Å². The summed E-state index contributed by atoms with van der Waals surface area (Å²) in [5.41, 5.74) is 1.13. The van der Waals surface area contributed by atoms with Crippen LogP contribution in [0.15, 0.2) is 161 Å². The maximum atomic E-state index is 14.7. The number of carboxylic acid groups (broad SMARTS) is 1. The SMILES string of the molecule is COc1ccc(C(NS(=O)(=O)c2nc3ccc(OCc4cn([C@H](C(=O)NC(Cc5ccc(OCCOS(=O)(=O)c6ccccc6[N+](=O)[O-])cc5)C(=O)O)C(C)C)nn4)cc3s2)(c2ccccc2)c2ccc(OC)cc2)cc1. The van der Waals surface area contributed by atoms with Crippen LogP contribution in [0.3, 0.4) is 0 Å². The van der Waals surface area contributed by atoms with Gasteiger partial charge in [-0.1, -0.05) is 97.9 Å². The van der Waals surface area contributed by atoms with E-state index < -0.39 is 71.8 Å². The molecule has 77 heavy (non-hydrogen) atoms. The third kappa shape index (κ3) is 12.7. The number of hydrogen-bond acceptors (Lipinski definition) is 17. The van der Waals surface area contributed by atoms with Crippen LogP contribution in [0.1, 0.15) is 47.8 Å². The molecule has 6 aromatic carbocycles. The van der Waals surface area contributed by atoms with Gasteiger partial charge in [-0.05, 0) is 88.8 Å². The van der Waals surface area contributed by atoms with Crippen molar-refractivity contribution in [1.29, 1.82) is 0 Å². The molecule has 0 aliphatic carbocycles. The zero-order chi connectivity index (χ0) is 54.9. The molecule has 0 saturated carbocycles. The molecule has 0 fully saturated rings. The van der Waals surface area contributed by atoms with Gasteiger partial charge in [-0.15, -0.1) is 16.4 Å². The van der Waals surface area contributed by atoms with E-state index in [1.54, 1.807) is 82.7 Å². The van der Waals surface area contributed by atoms with E-state index in [2.05, 4.69) is 25.3 Å². The summed E-state index contributed by atoms with van der Waals surface area (Å²) < 4.78 is 86.7. The fourth-order valence-corrected chi connectivity index (χ4v) is 12.1. The van der Waals surface area contributed by atoms with Crippen molar-refractivity contribution in [1.82, 2.24) is 30.0 Å². The van der Waals surface area contributed by atoms with Gasteiger partial charge in [0.2, 0.25) is 10.2 Å². The van der Waals surface area contributed by atoms with Crippen LogP contribution in [0.2, 0.25) is 0 Å². The van der Waals surface area contributed by atoms with Crippen LogP contribution in [0.5, 0.6) is 23.0 Å². The highest BCUT2D eigenvalue weighted by Crippen LogP contribution is 2.41.